The number of carboxylic acids is 1. The van der Waals surface area contributed by atoms with Gasteiger partial charge in [0.15, 0.2) is 0 Å². The smallest absolute Gasteiger partial charge is 0.407 e. The van der Waals surface area contributed by atoms with E-state index in [1.807, 2.05) is 0 Å². The molecule has 1 saturated heterocycles. The molecule has 2 amide bonds. The lowest BCUT2D eigenvalue weighted by Gasteiger charge is -2.26. The Balaban J connectivity index is 2.63. The van der Waals surface area contributed by atoms with Gasteiger partial charge in [-0.05, 0) is 20.8 Å². The van der Waals surface area contributed by atoms with Gasteiger partial charge < -0.3 is 20.1 Å². The molecule has 0 radical (unpaired) electrons. The van der Waals surface area contributed by atoms with Crippen LogP contribution in [0.2, 0.25) is 0 Å². The first-order chi connectivity index (χ1) is 9.64. The molecule has 1 fully saturated rings. The highest BCUT2D eigenvalue weighted by molar-refractivity contribution is 5.86. The highest BCUT2D eigenvalue weighted by atomic mass is 16.6. The number of amides is 2. The molecule has 0 spiro atoms. The second kappa shape index (κ2) is 6.60. The number of alkyl carbamates (subject to hydrolysis) is 1. The molecule has 1 unspecified atom stereocenters. The molecule has 118 valence electrons. The highest BCUT2D eigenvalue weighted by Gasteiger charge is 2.37. The van der Waals surface area contributed by atoms with Crippen LogP contribution in [0.15, 0.2) is 12.7 Å². The monoisotopic (exact) mass is 298 g/mol. The maximum absolute atomic E-state index is 11.8. The molecular formula is C14H22N2O5. The number of aliphatic carboxylic acids is 1. The third-order valence-corrected chi connectivity index (χ3v) is 3.02. The maximum atomic E-state index is 11.8. The van der Waals surface area contributed by atoms with E-state index in [1.54, 1.807) is 26.8 Å². The molecule has 0 aromatic carbocycles. The number of nitrogens with one attached hydrogen (secondary N) is 1. The van der Waals surface area contributed by atoms with Crippen LogP contribution in [-0.2, 0) is 14.3 Å². The summed E-state index contributed by atoms with van der Waals surface area (Å²) in [6.45, 7) is 8.85. The molecule has 7 nitrogen and oxygen atoms in total. The van der Waals surface area contributed by atoms with Crippen molar-refractivity contribution in [3.63, 3.8) is 0 Å². The third kappa shape index (κ3) is 5.09. The Morgan fingerprint density at radius 1 is 1.57 bits per heavy atom. The van der Waals surface area contributed by atoms with E-state index in [4.69, 9.17) is 4.74 Å². The minimum Gasteiger partial charge on any atom is -0.480 e. The average Bonchev–Trinajstić information content (AvgIpc) is 2.68. The highest BCUT2D eigenvalue weighted by Crippen LogP contribution is 2.21. The molecule has 1 aliphatic heterocycles. The number of ether oxygens (including phenoxy) is 1. The summed E-state index contributed by atoms with van der Waals surface area (Å²) >= 11 is 0. The number of likely N-dealkylation sites (tertiary alicyclic amines) is 1. The molecule has 1 rings (SSSR count). The van der Waals surface area contributed by atoms with Gasteiger partial charge in [-0.1, -0.05) is 6.08 Å². The van der Waals surface area contributed by atoms with E-state index in [0.717, 1.165) is 0 Å². The van der Waals surface area contributed by atoms with Gasteiger partial charge in [0.05, 0.1) is 6.54 Å². The number of hydrogen-bond acceptors (Lipinski definition) is 4. The van der Waals surface area contributed by atoms with E-state index in [0.29, 0.717) is 6.54 Å². The zero-order valence-corrected chi connectivity index (χ0v) is 12.6. The van der Waals surface area contributed by atoms with Gasteiger partial charge in [0, 0.05) is 18.9 Å². The lowest BCUT2D eigenvalue weighted by molar-refractivity contribution is -0.148. The molecule has 21 heavy (non-hydrogen) atoms. The molecule has 0 saturated carbocycles. The molecule has 2 atom stereocenters. The first-order valence-electron chi connectivity index (χ1n) is 6.75. The molecule has 1 heterocycles. The molecule has 0 aromatic rings. The van der Waals surface area contributed by atoms with Crippen molar-refractivity contribution in [2.24, 2.45) is 5.92 Å². The quantitative estimate of drug-likeness (QED) is 0.738. The van der Waals surface area contributed by atoms with Crippen LogP contribution < -0.4 is 5.32 Å². The second-order valence-corrected chi connectivity index (χ2v) is 5.98. The van der Waals surface area contributed by atoms with E-state index in [2.05, 4.69) is 11.9 Å². The van der Waals surface area contributed by atoms with Crippen molar-refractivity contribution in [1.29, 1.82) is 0 Å². The van der Waals surface area contributed by atoms with Gasteiger partial charge in [-0.25, -0.2) is 9.59 Å². The summed E-state index contributed by atoms with van der Waals surface area (Å²) in [4.78, 5) is 36.0. The Morgan fingerprint density at radius 2 is 2.19 bits per heavy atom. The number of nitrogens with zero attached hydrogens (tertiary/aromatic N) is 1. The zero-order valence-electron chi connectivity index (χ0n) is 12.6. The van der Waals surface area contributed by atoms with E-state index in [-0.39, 0.29) is 24.8 Å². The minimum atomic E-state index is -1.16. The second-order valence-electron chi connectivity index (χ2n) is 5.98. The standard InChI is InChI=1S/C14H22N2O5/c1-5-9-6-11(17)16(8-9)10(12(18)19)7-15-13(20)21-14(2,3)4/h5,9-10H,1,6-8H2,2-4H3,(H,15,20)(H,18,19)/t9?,10-/m1/s1. The SMILES string of the molecule is C=CC1CC(=O)N([C@H](CNC(=O)OC(C)(C)C)C(=O)O)C1. The Hall–Kier alpha value is -2.05. The summed E-state index contributed by atoms with van der Waals surface area (Å²) in [5.41, 5.74) is -0.666. The summed E-state index contributed by atoms with van der Waals surface area (Å²) < 4.78 is 5.04. The van der Waals surface area contributed by atoms with Gasteiger partial charge >= 0.3 is 12.1 Å². The normalized spacial score (nSPS) is 20.0. The summed E-state index contributed by atoms with van der Waals surface area (Å²) in [6.07, 6.45) is 1.18. The maximum Gasteiger partial charge on any atom is 0.407 e. The van der Waals surface area contributed by atoms with Crippen molar-refractivity contribution >= 4 is 18.0 Å². The zero-order chi connectivity index (χ0) is 16.2. The Kier molecular flexibility index (Phi) is 5.34. The van der Waals surface area contributed by atoms with Crippen molar-refractivity contribution in [1.82, 2.24) is 10.2 Å². The Morgan fingerprint density at radius 3 is 2.62 bits per heavy atom. The molecule has 0 bridgehead atoms. The van der Waals surface area contributed by atoms with Crippen molar-refractivity contribution in [3.8, 4) is 0 Å². The van der Waals surface area contributed by atoms with Gasteiger partial charge in [0.2, 0.25) is 5.91 Å². The molecule has 1 aliphatic rings. The van der Waals surface area contributed by atoms with Crippen LogP contribution in [0.5, 0.6) is 0 Å². The van der Waals surface area contributed by atoms with Crippen LogP contribution in [0.4, 0.5) is 4.79 Å². The van der Waals surface area contributed by atoms with Crippen LogP contribution >= 0.6 is 0 Å². The fourth-order valence-electron chi connectivity index (χ4n) is 2.04. The van der Waals surface area contributed by atoms with Crippen molar-refractivity contribution < 1.29 is 24.2 Å². The van der Waals surface area contributed by atoms with Gasteiger partial charge in [0.25, 0.3) is 0 Å². The Labute approximate surface area is 123 Å². The lowest BCUT2D eigenvalue weighted by atomic mass is 10.1. The number of carboxylic acid groups (broad SMARTS) is 1. The molecule has 2 N–H and O–H groups in total. The van der Waals surface area contributed by atoms with Gasteiger partial charge in [-0.15, -0.1) is 6.58 Å². The molecule has 7 heteroatoms. The van der Waals surface area contributed by atoms with Gasteiger partial charge in [-0.3, -0.25) is 4.79 Å². The number of hydrogen-bond donors (Lipinski definition) is 2. The summed E-state index contributed by atoms with van der Waals surface area (Å²) in [7, 11) is 0. The first kappa shape index (κ1) is 17.0. The van der Waals surface area contributed by atoms with Crippen LogP contribution in [-0.4, -0.2) is 52.7 Å². The van der Waals surface area contributed by atoms with Crippen LogP contribution in [0, 0.1) is 5.92 Å². The molecular weight excluding hydrogens is 276 g/mol. The predicted molar refractivity (Wildman–Crippen MR) is 75.7 cm³/mol. The van der Waals surface area contributed by atoms with Gasteiger partial charge in [-0.2, -0.15) is 0 Å². The third-order valence-electron chi connectivity index (χ3n) is 3.02. The van der Waals surface area contributed by atoms with Crippen LogP contribution in [0.1, 0.15) is 27.2 Å². The summed E-state index contributed by atoms with van der Waals surface area (Å²) in [5.74, 6) is -1.47. The summed E-state index contributed by atoms with van der Waals surface area (Å²) in [6, 6.07) is -1.10. The average molecular weight is 298 g/mol. The van der Waals surface area contributed by atoms with Gasteiger partial charge in [0.1, 0.15) is 11.6 Å². The van der Waals surface area contributed by atoms with E-state index in [1.165, 1.54) is 4.90 Å². The van der Waals surface area contributed by atoms with E-state index < -0.39 is 23.7 Å². The number of carbonyl (C=O) groups excluding carboxylic acids is 2. The number of carbonyl (C=O) groups is 3. The van der Waals surface area contributed by atoms with Crippen molar-refractivity contribution in [2.75, 3.05) is 13.1 Å². The predicted octanol–water partition coefficient (Wildman–Crippen LogP) is 0.999. The number of rotatable bonds is 5. The first-order valence-corrected chi connectivity index (χ1v) is 6.75. The topological polar surface area (TPSA) is 95.9 Å². The summed E-state index contributed by atoms with van der Waals surface area (Å²) in [5, 5.41) is 11.6. The van der Waals surface area contributed by atoms with Crippen molar-refractivity contribution in [2.45, 2.75) is 38.8 Å². The minimum absolute atomic E-state index is 0.0547. The lowest BCUT2D eigenvalue weighted by Crippen LogP contribution is -2.50. The van der Waals surface area contributed by atoms with Crippen molar-refractivity contribution in [3.05, 3.63) is 12.7 Å². The van der Waals surface area contributed by atoms with Crippen LogP contribution in [0.25, 0.3) is 0 Å². The Bertz CT molecular complexity index is 441. The largest absolute Gasteiger partial charge is 0.480 e. The van der Waals surface area contributed by atoms with Crippen LogP contribution in [0.3, 0.4) is 0 Å². The van der Waals surface area contributed by atoms with E-state index >= 15 is 0 Å². The fourth-order valence-corrected chi connectivity index (χ4v) is 2.04. The molecule has 0 aliphatic carbocycles. The molecule has 0 aromatic heterocycles. The van der Waals surface area contributed by atoms with E-state index in [9.17, 15) is 19.5 Å². The fraction of sp³-hybridized carbons (Fsp3) is 0.643.